The van der Waals surface area contributed by atoms with Crippen LogP contribution in [0, 0.1) is 12.8 Å². The highest BCUT2D eigenvalue weighted by Gasteiger charge is 2.08. The second kappa shape index (κ2) is 4.26. The fourth-order valence-electron chi connectivity index (χ4n) is 1.47. The van der Waals surface area contributed by atoms with E-state index in [1.165, 1.54) is 0 Å². The molecule has 0 aromatic carbocycles. The van der Waals surface area contributed by atoms with Gasteiger partial charge in [0.15, 0.2) is 0 Å². The molecular weight excluding hydrogens is 176 g/mol. The normalized spacial score (nSPS) is 10.6. The predicted octanol–water partition coefficient (Wildman–Crippen LogP) is 1.46. The molecule has 0 saturated heterocycles. The van der Waals surface area contributed by atoms with Gasteiger partial charge in [0.2, 0.25) is 5.95 Å². The van der Waals surface area contributed by atoms with Crippen molar-refractivity contribution in [3.63, 3.8) is 0 Å². The molecule has 0 bridgehead atoms. The second-order valence-corrected chi connectivity index (χ2v) is 4.01. The topological polar surface area (TPSA) is 55.0 Å². The van der Waals surface area contributed by atoms with Gasteiger partial charge in [-0.15, -0.1) is 0 Å². The van der Waals surface area contributed by atoms with Crippen molar-refractivity contribution in [1.29, 1.82) is 0 Å². The van der Waals surface area contributed by atoms with Gasteiger partial charge in [-0.1, -0.05) is 13.8 Å². The SMILES string of the molecule is Cc1cnc(N)nc1N(C)CC(C)C. The third kappa shape index (κ3) is 2.58. The number of nitrogens with zero attached hydrogens (tertiary/aromatic N) is 3. The third-order valence-corrected chi connectivity index (χ3v) is 1.96. The van der Waals surface area contributed by atoms with Crippen LogP contribution in [-0.2, 0) is 0 Å². The molecule has 0 aliphatic heterocycles. The first-order valence-corrected chi connectivity index (χ1v) is 4.81. The van der Waals surface area contributed by atoms with Gasteiger partial charge in [0.1, 0.15) is 5.82 Å². The number of hydrogen-bond donors (Lipinski definition) is 1. The van der Waals surface area contributed by atoms with E-state index >= 15 is 0 Å². The van der Waals surface area contributed by atoms with Crippen LogP contribution in [0.3, 0.4) is 0 Å². The van der Waals surface area contributed by atoms with E-state index < -0.39 is 0 Å². The van der Waals surface area contributed by atoms with Crippen LogP contribution in [0.1, 0.15) is 19.4 Å². The minimum Gasteiger partial charge on any atom is -0.368 e. The summed E-state index contributed by atoms with van der Waals surface area (Å²) in [7, 11) is 2.02. The van der Waals surface area contributed by atoms with Crippen LogP contribution >= 0.6 is 0 Å². The molecular formula is C10H18N4. The first-order valence-electron chi connectivity index (χ1n) is 4.81. The molecule has 78 valence electrons. The Morgan fingerprint density at radius 1 is 1.50 bits per heavy atom. The van der Waals surface area contributed by atoms with E-state index in [4.69, 9.17) is 5.73 Å². The summed E-state index contributed by atoms with van der Waals surface area (Å²) in [6.45, 7) is 7.32. The molecule has 4 nitrogen and oxygen atoms in total. The van der Waals surface area contributed by atoms with Crippen LogP contribution in [0.5, 0.6) is 0 Å². The van der Waals surface area contributed by atoms with Crippen molar-refractivity contribution < 1.29 is 0 Å². The smallest absolute Gasteiger partial charge is 0.221 e. The van der Waals surface area contributed by atoms with E-state index in [9.17, 15) is 0 Å². The molecule has 1 rings (SSSR count). The Bertz CT molecular complexity index is 309. The van der Waals surface area contributed by atoms with Crippen LogP contribution in [0.25, 0.3) is 0 Å². The minimum absolute atomic E-state index is 0.334. The maximum atomic E-state index is 5.55. The highest BCUT2D eigenvalue weighted by atomic mass is 15.2. The van der Waals surface area contributed by atoms with Crippen molar-refractivity contribution in [3.8, 4) is 0 Å². The number of aryl methyl sites for hydroxylation is 1. The monoisotopic (exact) mass is 194 g/mol. The van der Waals surface area contributed by atoms with Crippen LogP contribution in [0.15, 0.2) is 6.20 Å². The molecule has 0 saturated carbocycles. The van der Waals surface area contributed by atoms with Crippen LogP contribution in [-0.4, -0.2) is 23.6 Å². The van der Waals surface area contributed by atoms with E-state index in [0.717, 1.165) is 17.9 Å². The summed E-state index contributed by atoms with van der Waals surface area (Å²) in [5.41, 5.74) is 6.60. The maximum absolute atomic E-state index is 5.55. The van der Waals surface area contributed by atoms with Gasteiger partial charge in [-0.05, 0) is 12.8 Å². The third-order valence-electron chi connectivity index (χ3n) is 1.96. The summed E-state index contributed by atoms with van der Waals surface area (Å²) in [4.78, 5) is 10.3. The quantitative estimate of drug-likeness (QED) is 0.791. The van der Waals surface area contributed by atoms with Gasteiger partial charge in [-0.3, -0.25) is 0 Å². The maximum Gasteiger partial charge on any atom is 0.221 e. The predicted molar refractivity (Wildman–Crippen MR) is 59.3 cm³/mol. The lowest BCUT2D eigenvalue weighted by molar-refractivity contribution is 0.633. The number of aromatic nitrogens is 2. The molecule has 1 aromatic rings. The number of hydrogen-bond acceptors (Lipinski definition) is 4. The lowest BCUT2D eigenvalue weighted by atomic mass is 10.2. The average molecular weight is 194 g/mol. The van der Waals surface area contributed by atoms with E-state index in [0.29, 0.717) is 11.9 Å². The van der Waals surface area contributed by atoms with Gasteiger partial charge in [0, 0.05) is 25.4 Å². The Morgan fingerprint density at radius 2 is 2.14 bits per heavy atom. The van der Waals surface area contributed by atoms with Crippen molar-refractivity contribution in [3.05, 3.63) is 11.8 Å². The van der Waals surface area contributed by atoms with E-state index in [1.54, 1.807) is 6.20 Å². The minimum atomic E-state index is 0.334. The van der Waals surface area contributed by atoms with Crippen molar-refractivity contribution in [1.82, 2.24) is 9.97 Å². The van der Waals surface area contributed by atoms with Crippen LogP contribution in [0.2, 0.25) is 0 Å². The largest absolute Gasteiger partial charge is 0.368 e. The first kappa shape index (κ1) is 10.8. The lowest BCUT2D eigenvalue weighted by Gasteiger charge is -2.21. The molecule has 0 radical (unpaired) electrons. The molecule has 0 aliphatic carbocycles. The van der Waals surface area contributed by atoms with Gasteiger partial charge in [0.05, 0.1) is 0 Å². The molecule has 2 N–H and O–H groups in total. The standard InChI is InChI=1S/C10H18N4/c1-7(2)6-14(4)9-8(3)5-12-10(11)13-9/h5,7H,6H2,1-4H3,(H2,11,12,13). The number of anilines is 2. The summed E-state index contributed by atoms with van der Waals surface area (Å²) in [5, 5.41) is 0. The summed E-state index contributed by atoms with van der Waals surface area (Å²) in [6.07, 6.45) is 1.76. The Labute approximate surface area is 85.2 Å². The molecule has 0 fully saturated rings. The molecule has 14 heavy (non-hydrogen) atoms. The van der Waals surface area contributed by atoms with E-state index in [-0.39, 0.29) is 0 Å². The Balaban J connectivity index is 2.88. The fraction of sp³-hybridized carbons (Fsp3) is 0.600. The van der Waals surface area contributed by atoms with Crippen LogP contribution in [0.4, 0.5) is 11.8 Å². The Hall–Kier alpha value is -1.32. The second-order valence-electron chi connectivity index (χ2n) is 4.01. The summed E-state index contributed by atoms with van der Waals surface area (Å²) in [5.74, 6) is 1.86. The summed E-state index contributed by atoms with van der Waals surface area (Å²) in [6, 6.07) is 0. The fourth-order valence-corrected chi connectivity index (χ4v) is 1.47. The molecule has 0 amide bonds. The molecule has 1 aromatic heterocycles. The first-order chi connectivity index (χ1) is 6.50. The average Bonchev–Trinajstić information content (AvgIpc) is 2.08. The Morgan fingerprint density at radius 3 is 2.71 bits per heavy atom. The molecule has 0 unspecified atom stereocenters. The van der Waals surface area contributed by atoms with Gasteiger partial charge in [-0.2, -0.15) is 4.98 Å². The zero-order valence-corrected chi connectivity index (χ0v) is 9.28. The molecule has 1 heterocycles. The molecule has 0 spiro atoms. The summed E-state index contributed by atoms with van der Waals surface area (Å²) >= 11 is 0. The van der Waals surface area contributed by atoms with Gasteiger partial charge in [0.25, 0.3) is 0 Å². The highest BCUT2D eigenvalue weighted by Crippen LogP contribution is 2.16. The number of nitrogens with two attached hydrogens (primary N) is 1. The van der Waals surface area contributed by atoms with E-state index in [2.05, 4.69) is 28.7 Å². The van der Waals surface area contributed by atoms with Crippen molar-refractivity contribution >= 4 is 11.8 Å². The zero-order chi connectivity index (χ0) is 10.7. The zero-order valence-electron chi connectivity index (χ0n) is 9.28. The van der Waals surface area contributed by atoms with Crippen molar-refractivity contribution in [2.24, 2.45) is 5.92 Å². The lowest BCUT2D eigenvalue weighted by Crippen LogP contribution is -2.24. The van der Waals surface area contributed by atoms with Crippen LogP contribution < -0.4 is 10.6 Å². The van der Waals surface area contributed by atoms with Crippen molar-refractivity contribution in [2.75, 3.05) is 24.2 Å². The Kier molecular flexibility index (Phi) is 3.28. The molecule has 4 heteroatoms. The summed E-state index contributed by atoms with van der Waals surface area (Å²) < 4.78 is 0. The molecule has 0 aliphatic rings. The van der Waals surface area contributed by atoms with Gasteiger partial charge < -0.3 is 10.6 Å². The number of nitrogen functional groups attached to an aromatic ring is 1. The van der Waals surface area contributed by atoms with Gasteiger partial charge >= 0.3 is 0 Å². The van der Waals surface area contributed by atoms with Gasteiger partial charge in [-0.25, -0.2) is 4.98 Å². The molecule has 0 atom stereocenters. The van der Waals surface area contributed by atoms with E-state index in [1.807, 2.05) is 14.0 Å². The number of rotatable bonds is 3. The van der Waals surface area contributed by atoms with Crippen molar-refractivity contribution in [2.45, 2.75) is 20.8 Å². The highest BCUT2D eigenvalue weighted by molar-refractivity contribution is 5.47.